The smallest absolute Gasteiger partial charge is 0.0181 e. The molecule has 0 aliphatic carbocycles. The van der Waals surface area contributed by atoms with E-state index in [-0.39, 0.29) is 0 Å². The lowest BCUT2D eigenvalue weighted by atomic mass is 10.2. The Morgan fingerprint density at radius 3 is 2.62 bits per heavy atom. The topological polar surface area (TPSA) is 0 Å². The first-order valence-electron chi connectivity index (χ1n) is 2.43. The van der Waals surface area contributed by atoms with Gasteiger partial charge in [-0.15, -0.1) is 0 Å². The first-order chi connectivity index (χ1) is 3.79. The van der Waals surface area contributed by atoms with E-state index in [1.807, 2.05) is 25.1 Å². The molecule has 1 radical (unpaired) electrons. The van der Waals surface area contributed by atoms with Gasteiger partial charge in [0.2, 0.25) is 0 Å². The Morgan fingerprint density at radius 2 is 2.25 bits per heavy atom. The van der Waals surface area contributed by atoms with E-state index in [1.165, 1.54) is 5.56 Å². The average Bonchev–Trinajstić information content (AvgIpc) is 1.77. The summed E-state index contributed by atoms with van der Waals surface area (Å²) in [6.07, 6.45) is 0. The third-order valence-electron chi connectivity index (χ3n) is 0.930. The van der Waals surface area contributed by atoms with Crippen LogP contribution in [0.2, 0.25) is 0 Å². The molecule has 0 saturated heterocycles. The maximum Gasteiger partial charge on any atom is 0.0181 e. The van der Waals surface area contributed by atoms with Crippen molar-refractivity contribution in [1.82, 2.24) is 0 Å². The number of hydrogen-bond donors (Lipinski definition) is 0. The van der Waals surface area contributed by atoms with Gasteiger partial charge in [0.25, 0.3) is 0 Å². The zero-order valence-electron chi connectivity index (χ0n) is 4.61. The fourth-order valence-corrected chi connectivity index (χ4v) is 0.730. The summed E-state index contributed by atoms with van der Waals surface area (Å²) in [5, 5.41) is 0. The Labute approximate surface area is 57.7 Å². The predicted molar refractivity (Wildman–Crippen MR) is 37.7 cm³/mol. The highest BCUT2D eigenvalue weighted by atomic mass is 79.9. The van der Waals surface area contributed by atoms with Gasteiger partial charge < -0.3 is 0 Å². The summed E-state index contributed by atoms with van der Waals surface area (Å²) in [6, 6.07) is 8.99. The second kappa shape index (κ2) is 2.31. The van der Waals surface area contributed by atoms with Crippen molar-refractivity contribution < 1.29 is 0 Å². The summed E-state index contributed by atoms with van der Waals surface area (Å²) < 4.78 is 1.09. The third kappa shape index (κ3) is 1.34. The second-order valence-corrected chi connectivity index (χ2v) is 2.61. The zero-order chi connectivity index (χ0) is 5.98. The minimum absolute atomic E-state index is 1.09. The first kappa shape index (κ1) is 5.83. The largest absolute Gasteiger partial charge is 0.0576 e. The van der Waals surface area contributed by atoms with Gasteiger partial charge in [0.1, 0.15) is 0 Å². The fourth-order valence-electron chi connectivity index (χ4n) is 0.484. The van der Waals surface area contributed by atoms with E-state index >= 15 is 0 Å². The van der Waals surface area contributed by atoms with E-state index in [1.54, 1.807) is 0 Å². The third-order valence-corrected chi connectivity index (χ3v) is 1.42. The van der Waals surface area contributed by atoms with E-state index in [2.05, 4.69) is 22.0 Å². The molecule has 0 fully saturated rings. The number of halogens is 1. The summed E-state index contributed by atoms with van der Waals surface area (Å²) >= 11 is 3.31. The molecule has 0 aliphatic heterocycles. The van der Waals surface area contributed by atoms with Crippen molar-refractivity contribution in [3.8, 4) is 0 Å². The normalized spacial score (nSPS) is 9.25. The quantitative estimate of drug-likeness (QED) is 0.561. The molecule has 1 heteroatoms. The lowest BCUT2D eigenvalue weighted by Crippen LogP contribution is -1.67. The molecule has 0 amide bonds. The maximum atomic E-state index is 3.31. The van der Waals surface area contributed by atoms with Crippen molar-refractivity contribution in [2.75, 3.05) is 0 Å². The second-order valence-electron chi connectivity index (χ2n) is 1.69. The van der Waals surface area contributed by atoms with Crippen molar-refractivity contribution in [3.05, 3.63) is 34.3 Å². The fraction of sp³-hybridized carbons (Fsp3) is 0.143. The van der Waals surface area contributed by atoms with Gasteiger partial charge in [0, 0.05) is 4.47 Å². The van der Waals surface area contributed by atoms with Crippen LogP contribution in [0.3, 0.4) is 0 Å². The van der Waals surface area contributed by atoms with Crippen LogP contribution in [0.4, 0.5) is 0 Å². The van der Waals surface area contributed by atoms with Crippen molar-refractivity contribution in [2.45, 2.75) is 6.92 Å². The van der Waals surface area contributed by atoms with E-state index in [0.29, 0.717) is 0 Å². The van der Waals surface area contributed by atoms with Gasteiger partial charge in [-0.3, -0.25) is 0 Å². The Hall–Kier alpha value is -0.300. The maximum absolute atomic E-state index is 3.31. The van der Waals surface area contributed by atoms with Gasteiger partial charge in [0.15, 0.2) is 0 Å². The molecule has 0 unspecified atom stereocenters. The molecule has 0 aliphatic rings. The highest BCUT2D eigenvalue weighted by Crippen LogP contribution is 2.08. The Bertz CT molecular complexity index is 143. The molecule has 1 aromatic carbocycles. The summed E-state index contributed by atoms with van der Waals surface area (Å²) in [5.74, 6) is 0. The van der Waals surface area contributed by atoms with Crippen LogP contribution in [0.5, 0.6) is 0 Å². The van der Waals surface area contributed by atoms with Crippen LogP contribution in [-0.2, 0) is 0 Å². The van der Waals surface area contributed by atoms with Crippen LogP contribution < -0.4 is 0 Å². The van der Waals surface area contributed by atoms with Gasteiger partial charge in [-0.1, -0.05) is 22.0 Å². The molecular formula is C7H6Br. The van der Waals surface area contributed by atoms with Gasteiger partial charge >= 0.3 is 0 Å². The summed E-state index contributed by atoms with van der Waals surface area (Å²) in [4.78, 5) is 0. The van der Waals surface area contributed by atoms with Gasteiger partial charge in [-0.05, 0) is 30.7 Å². The van der Waals surface area contributed by atoms with Gasteiger partial charge in [-0.25, -0.2) is 0 Å². The number of hydrogen-bond acceptors (Lipinski definition) is 0. The molecule has 0 atom stereocenters. The Balaban J connectivity index is 3.03. The minimum atomic E-state index is 1.09. The SMILES string of the molecule is Cc1[c]cc(Br)cc1. The monoisotopic (exact) mass is 169 g/mol. The minimum Gasteiger partial charge on any atom is -0.0576 e. The van der Waals surface area contributed by atoms with Crippen LogP contribution in [0.1, 0.15) is 5.56 Å². The van der Waals surface area contributed by atoms with Crippen molar-refractivity contribution >= 4 is 15.9 Å². The van der Waals surface area contributed by atoms with Crippen LogP contribution in [-0.4, -0.2) is 0 Å². The number of aryl methyl sites for hydroxylation is 1. The lowest BCUT2D eigenvalue weighted by molar-refractivity contribution is 1.45. The number of rotatable bonds is 0. The standard InChI is InChI=1S/C7H6Br/c1-6-2-4-7(8)5-3-6/h2,4-5H,1H3. The van der Waals surface area contributed by atoms with Crippen LogP contribution in [0.25, 0.3) is 0 Å². The van der Waals surface area contributed by atoms with E-state index in [9.17, 15) is 0 Å². The summed E-state index contributed by atoms with van der Waals surface area (Å²) in [7, 11) is 0. The highest BCUT2D eigenvalue weighted by molar-refractivity contribution is 9.10. The van der Waals surface area contributed by atoms with E-state index < -0.39 is 0 Å². The first-order valence-corrected chi connectivity index (χ1v) is 3.22. The lowest BCUT2D eigenvalue weighted by Gasteiger charge is -1.87. The predicted octanol–water partition coefficient (Wildman–Crippen LogP) is 2.56. The molecule has 0 nitrogen and oxygen atoms in total. The van der Waals surface area contributed by atoms with Gasteiger partial charge in [-0.2, -0.15) is 0 Å². The summed E-state index contributed by atoms with van der Waals surface area (Å²) in [5.41, 5.74) is 1.17. The molecule has 1 rings (SSSR count). The average molecular weight is 170 g/mol. The van der Waals surface area contributed by atoms with Gasteiger partial charge in [0.05, 0.1) is 0 Å². The molecule has 0 aromatic heterocycles. The van der Waals surface area contributed by atoms with Crippen molar-refractivity contribution in [1.29, 1.82) is 0 Å². The molecular weight excluding hydrogens is 164 g/mol. The van der Waals surface area contributed by atoms with Crippen molar-refractivity contribution in [3.63, 3.8) is 0 Å². The molecule has 0 bridgehead atoms. The molecule has 8 heavy (non-hydrogen) atoms. The molecule has 0 heterocycles. The van der Waals surface area contributed by atoms with E-state index in [4.69, 9.17) is 0 Å². The highest BCUT2D eigenvalue weighted by Gasteiger charge is 1.82. The van der Waals surface area contributed by atoms with Crippen LogP contribution >= 0.6 is 15.9 Å². The van der Waals surface area contributed by atoms with E-state index in [0.717, 1.165) is 4.47 Å². The number of benzene rings is 1. The van der Waals surface area contributed by atoms with Crippen LogP contribution in [0.15, 0.2) is 22.7 Å². The Kier molecular flexibility index (Phi) is 1.69. The molecule has 0 spiro atoms. The molecule has 0 N–H and O–H groups in total. The Morgan fingerprint density at radius 1 is 1.50 bits per heavy atom. The molecule has 41 valence electrons. The zero-order valence-corrected chi connectivity index (χ0v) is 6.20. The molecule has 0 saturated carbocycles. The molecule has 1 aromatic rings. The van der Waals surface area contributed by atoms with Crippen LogP contribution in [0, 0.1) is 13.0 Å². The van der Waals surface area contributed by atoms with Crippen molar-refractivity contribution in [2.24, 2.45) is 0 Å². The summed E-state index contributed by atoms with van der Waals surface area (Å²) in [6.45, 7) is 2.02.